The molecule has 34 heavy (non-hydrogen) atoms. The van der Waals surface area contributed by atoms with E-state index in [4.69, 9.17) is 4.74 Å². The summed E-state index contributed by atoms with van der Waals surface area (Å²) in [5.41, 5.74) is 1.30. The number of thioether (sulfide) groups is 2. The van der Waals surface area contributed by atoms with E-state index in [2.05, 4.69) is 24.8 Å². The number of carbonyl (C=O) groups excluding carboxylic acids is 1. The van der Waals surface area contributed by atoms with E-state index in [-0.39, 0.29) is 5.76 Å². The molecular weight excluding hydrogens is 462 g/mol. The van der Waals surface area contributed by atoms with Crippen LogP contribution in [-0.4, -0.2) is 47.1 Å². The van der Waals surface area contributed by atoms with Crippen LogP contribution in [0.25, 0.3) is 0 Å². The van der Waals surface area contributed by atoms with Crippen LogP contribution in [0.5, 0.6) is 0 Å². The topological polar surface area (TPSA) is 49.8 Å². The molecule has 0 aromatic heterocycles. The molecule has 1 atom stereocenters. The molecule has 0 aliphatic carbocycles. The van der Waals surface area contributed by atoms with Crippen molar-refractivity contribution in [1.29, 1.82) is 0 Å². The summed E-state index contributed by atoms with van der Waals surface area (Å²) in [4.78, 5) is 17.1. The molecule has 0 bridgehead atoms. The van der Waals surface area contributed by atoms with Gasteiger partial charge in [-0.15, -0.1) is 0 Å². The van der Waals surface area contributed by atoms with Crippen molar-refractivity contribution in [2.45, 2.75) is 55.9 Å². The number of unbranched alkanes of at least 4 members (excludes halogenated alkanes) is 1. The van der Waals surface area contributed by atoms with E-state index < -0.39 is 11.6 Å². The highest BCUT2D eigenvalue weighted by atomic mass is 32.2. The van der Waals surface area contributed by atoms with E-state index in [0.29, 0.717) is 23.7 Å². The first-order chi connectivity index (χ1) is 16.5. The first-order valence-electron chi connectivity index (χ1n) is 12.3. The number of rotatable bonds is 9. The van der Waals surface area contributed by atoms with Gasteiger partial charge in [0, 0.05) is 29.5 Å². The van der Waals surface area contributed by atoms with Gasteiger partial charge in [-0.05, 0) is 48.9 Å². The van der Waals surface area contributed by atoms with Gasteiger partial charge in [0.15, 0.2) is 0 Å². The molecule has 0 spiro atoms. The lowest BCUT2D eigenvalue weighted by atomic mass is 9.83. The molecule has 1 saturated heterocycles. The normalized spacial score (nSPS) is 21.7. The Morgan fingerprint density at radius 3 is 2.47 bits per heavy atom. The maximum atomic E-state index is 13.3. The lowest BCUT2D eigenvalue weighted by molar-refractivity contribution is -0.160. The molecule has 2 aromatic carbocycles. The summed E-state index contributed by atoms with van der Waals surface area (Å²) < 4.78 is 6.21. The van der Waals surface area contributed by atoms with Gasteiger partial charge in [-0.3, -0.25) is 0 Å². The summed E-state index contributed by atoms with van der Waals surface area (Å²) in [7, 11) is 0. The second-order valence-corrected chi connectivity index (χ2v) is 11.7. The summed E-state index contributed by atoms with van der Waals surface area (Å²) in [5.74, 6) is 2.46. The molecule has 0 amide bonds. The number of aliphatic hydroxyl groups excluding tert-OH is 1. The Kier molecular flexibility index (Phi) is 8.67. The lowest BCUT2D eigenvalue weighted by Gasteiger charge is -2.38. The number of ether oxygens (including phenoxy) is 1. The Hall–Kier alpha value is -1.89. The van der Waals surface area contributed by atoms with E-state index in [0.717, 1.165) is 48.5 Å². The van der Waals surface area contributed by atoms with Gasteiger partial charge < -0.3 is 14.7 Å². The Morgan fingerprint density at radius 1 is 1.06 bits per heavy atom. The van der Waals surface area contributed by atoms with Gasteiger partial charge in [-0.1, -0.05) is 74.1 Å². The highest BCUT2D eigenvalue weighted by Gasteiger charge is 2.43. The van der Waals surface area contributed by atoms with E-state index in [1.165, 1.54) is 23.3 Å². The molecule has 2 aromatic rings. The van der Waals surface area contributed by atoms with Crippen molar-refractivity contribution in [1.82, 2.24) is 4.90 Å². The average molecular weight is 498 g/mol. The molecule has 0 saturated carbocycles. The summed E-state index contributed by atoms with van der Waals surface area (Å²) in [6, 6.07) is 18.0. The van der Waals surface area contributed by atoms with E-state index in [1.807, 2.05) is 60.3 Å². The van der Waals surface area contributed by atoms with Crippen molar-refractivity contribution >= 4 is 29.5 Å². The molecule has 6 heteroatoms. The fourth-order valence-electron chi connectivity index (χ4n) is 4.75. The number of hydrogen-bond donors (Lipinski definition) is 1. The molecule has 4 rings (SSSR count). The Labute approximate surface area is 212 Å². The number of cyclic esters (lactones) is 1. The molecule has 1 unspecified atom stereocenters. The predicted octanol–water partition coefficient (Wildman–Crippen LogP) is 6.73. The molecule has 182 valence electrons. The zero-order valence-electron chi connectivity index (χ0n) is 20.2. The van der Waals surface area contributed by atoms with Gasteiger partial charge in [-0.2, -0.15) is 11.8 Å². The van der Waals surface area contributed by atoms with Crippen molar-refractivity contribution in [2.24, 2.45) is 0 Å². The Balaban J connectivity index is 1.52. The van der Waals surface area contributed by atoms with Crippen LogP contribution in [0.2, 0.25) is 0 Å². The predicted molar refractivity (Wildman–Crippen MR) is 142 cm³/mol. The fourth-order valence-corrected chi connectivity index (χ4v) is 6.83. The molecule has 2 heterocycles. The van der Waals surface area contributed by atoms with Crippen LogP contribution in [0, 0.1) is 0 Å². The smallest absolute Gasteiger partial charge is 0.349 e. The van der Waals surface area contributed by atoms with Gasteiger partial charge in [0.1, 0.15) is 16.3 Å². The molecule has 2 aliphatic rings. The second-order valence-electron chi connectivity index (χ2n) is 9.41. The standard InChI is InChI=1S/C28H35NO3S2/c1-21(2)23-12-6-7-13-25(23)34-26-24(30)20-28(32-27(26)31,22-10-4-3-5-11-22)14-8-9-15-29-16-18-33-19-17-29/h3-7,10-13,21,30H,8-9,14-20H2,1-2H3. The number of nitrogens with zero attached hydrogens (tertiary/aromatic N) is 1. The molecule has 1 fully saturated rings. The Bertz CT molecular complexity index is 1000. The third kappa shape index (κ3) is 6.02. The zero-order valence-corrected chi connectivity index (χ0v) is 21.8. The Morgan fingerprint density at radius 2 is 1.76 bits per heavy atom. The SMILES string of the molecule is CC(C)c1ccccc1SC1=C(O)CC(CCCCN2CCSCC2)(c2ccccc2)OC1=O. The molecule has 2 aliphatic heterocycles. The minimum absolute atomic E-state index is 0.136. The van der Waals surface area contributed by atoms with Crippen molar-refractivity contribution in [2.75, 3.05) is 31.1 Å². The van der Waals surface area contributed by atoms with Gasteiger partial charge in [0.2, 0.25) is 0 Å². The minimum Gasteiger partial charge on any atom is -0.511 e. The highest BCUT2D eigenvalue weighted by molar-refractivity contribution is 8.04. The fraction of sp³-hybridized carbons (Fsp3) is 0.464. The summed E-state index contributed by atoms with van der Waals surface area (Å²) >= 11 is 3.35. The van der Waals surface area contributed by atoms with Crippen LogP contribution >= 0.6 is 23.5 Å². The van der Waals surface area contributed by atoms with Crippen LogP contribution in [-0.2, 0) is 15.1 Å². The first kappa shape index (κ1) is 25.2. The van der Waals surface area contributed by atoms with Crippen LogP contribution in [0.15, 0.2) is 70.2 Å². The van der Waals surface area contributed by atoms with Gasteiger partial charge in [0.25, 0.3) is 0 Å². The molecule has 4 nitrogen and oxygen atoms in total. The van der Waals surface area contributed by atoms with Gasteiger partial charge in [0.05, 0.1) is 6.42 Å². The van der Waals surface area contributed by atoms with E-state index in [1.54, 1.807) is 0 Å². The molecular formula is C28H35NO3S2. The number of aliphatic hydroxyl groups is 1. The van der Waals surface area contributed by atoms with Gasteiger partial charge in [-0.25, -0.2) is 4.79 Å². The molecule has 1 N–H and O–H groups in total. The number of hydrogen-bond acceptors (Lipinski definition) is 6. The van der Waals surface area contributed by atoms with Crippen LogP contribution < -0.4 is 0 Å². The number of benzene rings is 2. The number of esters is 1. The lowest BCUT2D eigenvalue weighted by Crippen LogP contribution is -2.38. The monoisotopic (exact) mass is 497 g/mol. The maximum absolute atomic E-state index is 13.3. The highest BCUT2D eigenvalue weighted by Crippen LogP contribution is 2.46. The average Bonchev–Trinajstić information content (AvgIpc) is 2.85. The third-order valence-electron chi connectivity index (χ3n) is 6.65. The summed E-state index contributed by atoms with van der Waals surface area (Å²) in [5, 5.41) is 11.1. The first-order valence-corrected chi connectivity index (χ1v) is 14.2. The van der Waals surface area contributed by atoms with E-state index in [9.17, 15) is 9.90 Å². The van der Waals surface area contributed by atoms with Crippen molar-refractivity contribution < 1.29 is 14.6 Å². The number of carbonyl (C=O) groups is 1. The van der Waals surface area contributed by atoms with E-state index >= 15 is 0 Å². The van der Waals surface area contributed by atoms with Crippen molar-refractivity contribution in [3.05, 3.63) is 76.4 Å². The van der Waals surface area contributed by atoms with Crippen molar-refractivity contribution in [3.63, 3.8) is 0 Å². The van der Waals surface area contributed by atoms with Crippen LogP contribution in [0.4, 0.5) is 0 Å². The molecule has 0 radical (unpaired) electrons. The third-order valence-corrected chi connectivity index (χ3v) is 8.79. The summed E-state index contributed by atoms with van der Waals surface area (Å²) in [6.07, 6.45) is 3.02. The zero-order chi connectivity index (χ0) is 24.0. The minimum atomic E-state index is -0.818. The summed E-state index contributed by atoms with van der Waals surface area (Å²) in [6.45, 7) is 7.66. The van der Waals surface area contributed by atoms with Gasteiger partial charge >= 0.3 is 5.97 Å². The maximum Gasteiger partial charge on any atom is 0.349 e. The van der Waals surface area contributed by atoms with Crippen LogP contribution in [0.3, 0.4) is 0 Å². The van der Waals surface area contributed by atoms with Crippen molar-refractivity contribution in [3.8, 4) is 0 Å². The largest absolute Gasteiger partial charge is 0.511 e. The second kappa shape index (κ2) is 11.7. The quantitative estimate of drug-likeness (QED) is 0.306. The van der Waals surface area contributed by atoms with Crippen LogP contribution in [0.1, 0.15) is 56.6 Å².